The molecule has 0 radical (unpaired) electrons. The zero-order valence-corrected chi connectivity index (χ0v) is 19.5. The van der Waals surface area contributed by atoms with Crippen molar-refractivity contribution in [1.29, 1.82) is 0 Å². The summed E-state index contributed by atoms with van der Waals surface area (Å²) in [7, 11) is 0. The van der Waals surface area contributed by atoms with Crippen molar-refractivity contribution in [3.63, 3.8) is 0 Å². The largest absolute Gasteiger partial charge is 0.573 e. The summed E-state index contributed by atoms with van der Waals surface area (Å²) in [6.07, 6.45) is -4.78. The number of aromatic nitrogens is 3. The Hall–Kier alpha value is -3.41. The van der Waals surface area contributed by atoms with Crippen molar-refractivity contribution in [1.82, 2.24) is 14.9 Å². The lowest BCUT2D eigenvalue weighted by molar-refractivity contribution is -0.274. The van der Waals surface area contributed by atoms with E-state index in [1.54, 1.807) is 6.92 Å². The van der Waals surface area contributed by atoms with Gasteiger partial charge >= 0.3 is 6.36 Å². The number of nitrogen functional groups attached to an aromatic ring is 1. The molecular formula is C22H24F3N5O3S. The normalized spacial score (nSPS) is 12.4. The summed E-state index contributed by atoms with van der Waals surface area (Å²) in [5.74, 6) is 6.75. The molecule has 0 aliphatic rings. The summed E-state index contributed by atoms with van der Waals surface area (Å²) in [6.45, 7) is 5.95. The first kappa shape index (κ1) is 25.2. The van der Waals surface area contributed by atoms with E-state index in [0.29, 0.717) is 28.3 Å². The molecule has 1 unspecified atom stereocenters. The SMILES string of the molecule is CC(Sc1nnc(COc2ccc(C(C)C)cc2)n1N)C(=O)Nc1ccc(OC(F)(F)F)cc1. The lowest BCUT2D eigenvalue weighted by Gasteiger charge is -2.13. The van der Waals surface area contributed by atoms with E-state index in [1.165, 1.54) is 22.4 Å². The van der Waals surface area contributed by atoms with Crippen LogP contribution in [0, 0.1) is 0 Å². The van der Waals surface area contributed by atoms with E-state index < -0.39 is 11.6 Å². The van der Waals surface area contributed by atoms with E-state index in [9.17, 15) is 18.0 Å². The Morgan fingerprint density at radius 1 is 1.06 bits per heavy atom. The van der Waals surface area contributed by atoms with Gasteiger partial charge in [-0.3, -0.25) is 4.79 Å². The number of carbonyl (C=O) groups is 1. The van der Waals surface area contributed by atoms with Gasteiger partial charge in [0.05, 0.1) is 5.25 Å². The maximum Gasteiger partial charge on any atom is 0.573 e. The van der Waals surface area contributed by atoms with Crippen molar-refractivity contribution < 1.29 is 27.4 Å². The van der Waals surface area contributed by atoms with Gasteiger partial charge in [0.2, 0.25) is 11.1 Å². The second-order valence-electron chi connectivity index (χ2n) is 7.60. The summed E-state index contributed by atoms with van der Waals surface area (Å²) in [6, 6.07) is 12.6. The minimum atomic E-state index is -4.78. The number of nitrogens with zero attached hydrogens (tertiary/aromatic N) is 3. The average Bonchev–Trinajstić information content (AvgIpc) is 3.12. The monoisotopic (exact) mass is 495 g/mol. The van der Waals surface area contributed by atoms with Gasteiger partial charge in [0, 0.05) is 5.69 Å². The van der Waals surface area contributed by atoms with Crippen LogP contribution in [-0.2, 0) is 11.4 Å². The third kappa shape index (κ3) is 7.04. The van der Waals surface area contributed by atoms with Gasteiger partial charge in [-0.15, -0.1) is 23.4 Å². The number of carbonyl (C=O) groups excluding carboxylic acids is 1. The minimum Gasteiger partial charge on any atom is -0.486 e. The number of nitrogens with one attached hydrogen (secondary N) is 1. The number of ether oxygens (including phenoxy) is 2. The molecule has 0 aliphatic carbocycles. The van der Waals surface area contributed by atoms with Crippen LogP contribution < -0.4 is 20.6 Å². The number of anilines is 1. The molecule has 0 aliphatic heterocycles. The van der Waals surface area contributed by atoms with Gasteiger partial charge in [0.15, 0.2) is 5.82 Å². The van der Waals surface area contributed by atoms with Crippen LogP contribution >= 0.6 is 11.8 Å². The molecule has 3 N–H and O–H groups in total. The topological polar surface area (TPSA) is 104 Å². The third-order valence-corrected chi connectivity index (χ3v) is 5.71. The number of halogens is 3. The zero-order chi connectivity index (χ0) is 24.9. The molecule has 0 saturated carbocycles. The van der Waals surface area contributed by atoms with E-state index >= 15 is 0 Å². The van der Waals surface area contributed by atoms with Gasteiger partial charge < -0.3 is 20.6 Å². The van der Waals surface area contributed by atoms with E-state index in [4.69, 9.17) is 10.6 Å². The fraction of sp³-hybridized carbons (Fsp3) is 0.318. The Morgan fingerprint density at radius 2 is 1.68 bits per heavy atom. The first-order valence-corrected chi connectivity index (χ1v) is 11.1. The van der Waals surface area contributed by atoms with E-state index in [0.717, 1.165) is 23.9 Å². The first-order chi connectivity index (χ1) is 16.0. The molecule has 0 saturated heterocycles. The molecule has 1 amide bonds. The fourth-order valence-electron chi connectivity index (χ4n) is 2.78. The quantitative estimate of drug-likeness (QED) is 0.327. The van der Waals surface area contributed by atoms with Crippen LogP contribution in [0.4, 0.5) is 18.9 Å². The number of hydrogen-bond donors (Lipinski definition) is 2. The van der Waals surface area contributed by atoms with Crippen LogP contribution in [0.2, 0.25) is 0 Å². The fourth-order valence-corrected chi connectivity index (χ4v) is 3.57. The Labute approximate surface area is 198 Å². The average molecular weight is 496 g/mol. The highest BCUT2D eigenvalue weighted by atomic mass is 32.2. The zero-order valence-electron chi connectivity index (χ0n) is 18.7. The minimum absolute atomic E-state index is 0.0952. The number of amides is 1. The molecule has 1 atom stereocenters. The molecule has 3 rings (SSSR count). The number of nitrogens with two attached hydrogens (primary N) is 1. The molecule has 0 spiro atoms. The van der Waals surface area contributed by atoms with Crippen molar-refractivity contribution in [3.05, 3.63) is 59.9 Å². The van der Waals surface area contributed by atoms with Gasteiger partial charge in [0.1, 0.15) is 18.1 Å². The van der Waals surface area contributed by atoms with Gasteiger partial charge in [0.25, 0.3) is 0 Å². The molecule has 34 heavy (non-hydrogen) atoms. The number of alkyl halides is 3. The predicted octanol–water partition coefficient (Wildman–Crippen LogP) is 4.71. The van der Waals surface area contributed by atoms with Gasteiger partial charge in [-0.2, -0.15) is 0 Å². The van der Waals surface area contributed by atoms with Crippen LogP contribution in [0.3, 0.4) is 0 Å². The van der Waals surface area contributed by atoms with Crippen molar-refractivity contribution in [2.75, 3.05) is 11.2 Å². The third-order valence-electron chi connectivity index (χ3n) is 4.66. The van der Waals surface area contributed by atoms with Crippen molar-refractivity contribution >= 4 is 23.4 Å². The highest BCUT2D eigenvalue weighted by Gasteiger charge is 2.31. The Bertz CT molecular complexity index is 1100. The van der Waals surface area contributed by atoms with E-state index in [1.807, 2.05) is 24.3 Å². The number of benzene rings is 2. The van der Waals surface area contributed by atoms with Crippen LogP contribution in [0.15, 0.2) is 53.7 Å². The summed E-state index contributed by atoms with van der Waals surface area (Å²) in [4.78, 5) is 12.5. The molecule has 2 aromatic carbocycles. The van der Waals surface area contributed by atoms with E-state index in [2.05, 4.69) is 34.1 Å². The summed E-state index contributed by atoms with van der Waals surface area (Å²) in [5.41, 5.74) is 1.52. The second kappa shape index (κ2) is 10.7. The van der Waals surface area contributed by atoms with Gasteiger partial charge in [-0.25, -0.2) is 4.68 Å². The molecular weight excluding hydrogens is 471 g/mol. The molecule has 3 aromatic rings. The molecule has 0 fully saturated rings. The lowest BCUT2D eigenvalue weighted by atomic mass is 10.0. The van der Waals surface area contributed by atoms with Gasteiger partial charge in [-0.1, -0.05) is 37.7 Å². The highest BCUT2D eigenvalue weighted by Crippen LogP contribution is 2.26. The summed E-state index contributed by atoms with van der Waals surface area (Å²) in [5, 5.41) is 10.3. The number of rotatable bonds is 9. The van der Waals surface area contributed by atoms with Crippen LogP contribution in [0.25, 0.3) is 0 Å². The van der Waals surface area contributed by atoms with Crippen molar-refractivity contribution in [2.45, 2.75) is 50.1 Å². The van der Waals surface area contributed by atoms with Crippen LogP contribution in [0.5, 0.6) is 11.5 Å². The maximum atomic E-state index is 12.5. The number of hydrogen-bond acceptors (Lipinski definition) is 7. The smallest absolute Gasteiger partial charge is 0.486 e. The first-order valence-electron chi connectivity index (χ1n) is 10.3. The van der Waals surface area contributed by atoms with Crippen molar-refractivity contribution in [2.24, 2.45) is 0 Å². The number of thioether (sulfide) groups is 1. The van der Waals surface area contributed by atoms with E-state index in [-0.39, 0.29) is 18.3 Å². The molecule has 1 aromatic heterocycles. The molecule has 0 bridgehead atoms. The Balaban J connectivity index is 1.53. The Kier molecular flexibility index (Phi) is 7.92. The van der Waals surface area contributed by atoms with Crippen molar-refractivity contribution in [3.8, 4) is 11.5 Å². The maximum absolute atomic E-state index is 12.5. The second-order valence-corrected chi connectivity index (χ2v) is 8.91. The standard InChI is InChI=1S/C22H24F3N5O3S/c1-13(2)15-4-8-17(9-5-15)32-12-19-28-29-21(30(19)26)34-14(3)20(31)27-16-6-10-18(11-7-16)33-22(23,24)25/h4-11,13-14H,12,26H2,1-3H3,(H,27,31). The van der Waals surface area contributed by atoms with Gasteiger partial charge in [-0.05, 0) is 54.8 Å². The lowest BCUT2D eigenvalue weighted by Crippen LogP contribution is -2.24. The predicted molar refractivity (Wildman–Crippen MR) is 122 cm³/mol. The Morgan fingerprint density at radius 3 is 2.26 bits per heavy atom. The summed E-state index contributed by atoms with van der Waals surface area (Å²) >= 11 is 1.08. The molecule has 182 valence electrons. The molecule has 8 nitrogen and oxygen atoms in total. The van der Waals surface area contributed by atoms with Crippen LogP contribution in [-0.4, -0.2) is 32.4 Å². The van der Waals surface area contributed by atoms with Crippen LogP contribution in [0.1, 0.15) is 38.1 Å². The molecule has 12 heteroatoms. The highest BCUT2D eigenvalue weighted by molar-refractivity contribution is 8.00. The molecule has 1 heterocycles. The summed E-state index contributed by atoms with van der Waals surface area (Å²) < 4.78 is 47.5.